The number of benzene rings is 1. The maximum absolute atomic E-state index is 6.04. The highest BCUT2D eigenvalue weighted by atomic mass is 32.1. The third kappa shape index (κ3) is 5.15. The fraction of sp³-hybridized carbons (Fsp3) is 0.364. The number of rotatable bonds is 8. The summed E-state index contributed by atoms with van der Waals surface area (Å²) >= 11 is 1.73. The van der Waals surface area contributed by atoms with Crippen LogP contribution in [-0.4, -0.2) is 9.97 Å². The average molecular weight is 382 g/mol. The van der Waals surface area contributed by atoms with Gasteiger partial charge in [0.15, 0.2) is 0 Å². The van der Waals surface area contributed by atoms with Crippen molar-refractivity contribution in [2.45, 2.75) is 53.3 Å². The smallest absolute Gasteiger partial charge is 0.130 e. The Morgan fingerprint density at radius 2 is 1.93 bits per heavy atom. The Kier molecular flexibility index (Phi) is 6.58. The lowest BCUT2D eigenvalue weighted by Gasteiger charge is -2.17. The van der Waals surface area contributed by atoms with Crippen LogP contribution < -0.4 is 10.1 Å². The van der Waals surface area contributed by atoms with Gasteiger partial charge in [-0.15, -0.1) is 11.3 Å². The first-order valence-electron chi connectivity index (χ1n) is 9.35. The molecule has 5 heteroatoms. The molecule has 0 spiro atoms. The van der Waals surface area contributed by atoms with E-state index in [1.807, 2.05) is 25.1 Å². The van der Waals surface area contributed by atoms with E-state index in [-0.39, 0.29) is 0 Å². The van der Waals surface area contributed by atoms with Crippen molar-refractivity contribution in [2.75, 3.05) is 0 Å². The molecule has 27 heavy (non-hydrogen) atoms. The number of pyridine rings is 1. The molecule has 1 unspecified atom stereocenters. The highest BCUT2D eigenvalue weighted by Gasteiger charge is 2.13. The number of thiazole rings is 1. The second-order valence-electron chi connectivity index (χ2n) is 6.84. The summed E-state index contributed by atoms with van der Waals surface area (Å²) in [5, 5.41) is 6.92. The quantitative estimate of drug-likeness (QED) is 0.576. The van der Waals surface area contributed by atoms with Crippen molar-refractivity contribution in [3.8, 4) is 5.75 Å². The molecule has 1 N–H and O–H groups in total. The molecule has 0 amide bonds. The van der Waals surface area contributed by atoms with Gasteiger partial charge in [0.05, 0.1) is 11.7 Å². The van der Waals surface area contributed by atoms with Gasteiger partial charge < -0.3 is 10.1 Å². The van der Waals surface area contributed by atoms with Crippen LogP contribution in [0.15, 0.2) is 41.9 Å². The fourth-order valence-electron chi connectivity index (χ4n) is 3.18. The summed E-state index contributed by atoms with van der Waals surface area (Å²) in [7, 11) is 0. The number of ether oxygens (including phenoxy) is 1. The van der Waals surface area contributed by atoms with E-state index in [4.69, 9.17) is 4.74 Å². The minimum atomic E-state index is 0.296. The van der Waals surface area contributed by atoms with Gasteiger partial charge in [0.1, 0.15) is 17.4 Å². The van der Waals surface area contributed by atoms with Gasteiger partial charge in [-0.25, -0.2) is 4.98 Å². The molecule has 142 valence electrons. The fourth-order valence-corrected chi connectivity index (χ4v) is 4.13. The molecule has 1 atom stereocenters. The predicted molar refractivity (Wildman–Crippen MR) is 111 cm³/mol. The third-order valence-electron chi connectivity index (χ3n) is 4.51. The molecule has 0 radical (unpaired) electrons. The van der Waals surface area contributed by atoms with Gasteiger partial charge in [-0.1, -0.05) is 25.1 Å². The van der Waals surface area contributed by atoms with Crippen molar-refractivity contribution < 1.29 is 4.74 Å². The van der Waals surface area contributed by atoms with Crippen LogP contribution in [0.5, 0.6) is 5.75 Å². The maximum Gasteiger partial charge on any atom is 0.130 e. The SMILES string of the molecule is CCC(NCc1cc(C)c(OCc2ccccn2)c(C)c1)c1nc(C)cs1. The Hall–Kier alpha value is -2.24. The van der Waals surface area contributed by atoms with Crippen LogP contribution in [0.25, 0.3) is 0 Å². The molecule has 3 aromatic rings. The van der Waals surface area contributed by atoms with E-state index in [9.17, 15) is 0 Å². The van der Waals surface area contributed by atoms with E-state index >= 15 is 0 Å². The lowest BCUT2D eigenvalue weighted by molar-refractivity contribution is 0.297. The topological polar surface area (TPSA) is 47.0 Å². The Balaban J connectivity index is 1.65. The van der Waals surface area contributed by atoms with Crippen molar-refractivity contribution in [1.82, 2.24) is 15.3 Å². The first kappa shape index (κ1) is 19.5. The molecular weight excluding hydrogens is 354 g/mol. The van der Waals surface area contributed by atoms with Crippen molar-refractivity contribution in [3.63, 3.8) is 0 Å². The summed E-state index contributed by atoms with van der Waals surface area (Å²) in [6.45, 7) is 9.75. The monoisotopic (exact) mass is 381 g/mol. The average Bonchev–Trinajstić information content (AvgIpc) is 3.08. The van der Waals surface area contributed by atoms with E-state index in [0.29, 0.717) is 12.6 Å². The summed E-state index contributed by atoms with van der Waals surface area (Å²) in [5.74, 6) is 0.951. The minimum absolute atomic E-state index is 0.296. The summed E-state index contributed by atoms with van der Waals surface area (Å²) in [6, 6.07) is 10.6. The number of aromatic nitrogens is 2. The summed E-state index contributed by atoms with van der Waals surface area (Å²) in [6.07, 6.45) is 2.82. The lowest BCUT2D eigenvalue weighted by Crippen LogP contribution is -2.20. The van der Waals surface area contributed by atoms with Crippen molar-refractivity contribution in [3.05, 3.63) is 75.0 Å². The number of hydrogen-bond acceptors (Lipinski definition) is 5. The van der Waals surface area contributed by atoms with Crippen LogP contribution in [0, 0.1) is 20.8 Å². The van der Waals surface area contributed by atoms with Crippen molar-refractivity contribution in [1.29, 1.82) is 0 Å². The molecule has 0 aliphatic heterocycles. The number of nitrogens with zero attached hydrogens (tertiary/aromatic N) is 2. The van der Waals surface area contributed by atoms with Crippen LogP contribution in [0.2, 0.25) is 0 Å². The van der Waals surface area contributed by atoms with Gasteiger partial charge in [-0.05, 0) is 56.0 Å². The lowest BCUT2D eigenvalue weighted by atomic mass is 10.1. The van der Waals surface area contributed by atoms with Crippen LogP contribution in [0.4, 0.5) is 0 Å². The van der Waals surface area contributed by atoms with Gasteiger partial charge >= 0.3 is 0 Å². The Morgan fingerprint density at radius 3 is 2.52 bits per heavy atom. The van der Waals surface area contributed by atoms with Gasteiger partial charge in [0.25, 0.3) is 0 Å². The highest BCUT2D eigenvalue weighted by molar-refractivity contribution is 7.09. The van der Waals surface area contributed by atoms with Gasteiger partial charge in [-0.3, -0.25) is 4.98 Å². The largest absolute Gasteiger partial charge is 0.487 e. The number of hydrogen-bond donors (Lipinski definition) is 1. The first-order chi connectivity index (χ1) is 13.1. The third-order valence-corrected chi connectivity index (χ3v) is 5.58. The summed E-state index contributed by atoms with van der Waals surface area (Å²) < 4.78 is 6.04. The summed E-state index contributed by atoms with van der Waals surface area (Å²) in [5.41, 5.74) is 5.60. The van der Waals surface area contributed by atoms with Gasteiger partial charge in [0, 0.05) is 23.8 Å². The molecule has 1 aromatic carbocycles. The molecule has 2 aromatic heterocycles. The molecule has 0 fully saturated rings. The Morgan fingerprint density at radius 1 is 1.15 bits per heavy atom. The normalized spacial score (nSPS) is 12.1. The van der Waals surface area contributed by atoms with E-state index in [1.165, 1.54) is 10.6 Å². The maximum atomic E-state index is 6.04. The second-order valence-corrected chi connectivity index (χ2v) is 7.73. The molecular formula is C22H27N3OS. The zero-order valence-electron chi connectivity index (χ0n) is 16.5. The molecule has 0 aliphatic carbocycles. The molecule has 4 nitrogen and oxygen atoms in total. The Labute approximate surface area is 165 Å². The zero-order chi connectivity index (χ0) is 19.2. The van der Waals surface area contributed by atoms with Gasteiger partial charge in [0.2, 0.25) is 0 Å². The molecule has 3 rings (SSSR count). The Bertz CT molecular complexity index is 853. The predicted octanol–water partition coefficient (Wildman–Crippen LogP) is 5.28. The standard InChI is InChI=1S/C22H27N3OS/c1-5-20(22-25-17(4)14-27-22)24-12-18-10-15(2)21(16(3)11-18)26-13-19-8-6-7-9-23-19/h6-11,14,20,24H,5,12-13H2,1-4H3. The minimum Gasteiger partial charge on any atom is -0.487 e. The molecule has 0 aliphatic rings. The summed E-state index contributed by atoms with van der Waals surface area (Å²) in [4.78, 5) is 8.95. The molecule has 0 saturated carbocycles. The number of nitrogens with one attached hydrogen (secondary N) is 1. The van der Waals surface area contributed by atoms with Crippen molar-refractivity contribution in [2.24, 2.45) is 0 Å². The second kappa shape index (κ2) is 9.11. The van der Waals surface area contributed by atoms with Crippen LogP contribution in [0.3, 0.4) is 0 Å². The van der Waals surface area contributed by atoms with Gasteiger partial charge in [-0.2, -0.15) is 0 Å². The van der Waals surface area contributed by atoms with Crippen molar-refractivity contribution >= 4 is 11.3 Å². The molecule has 2 heterocycles. The molecule has 0 bridgehead atoms. The van der Waals surface area contributed by atoms with E-state index < -0.39 is 0 Å². The van der Waals surface area contributed by atoms with E-state index in [1.54, 1.807) is 17.5 Å². The van der Waals surface area contributed by atoms with E-state index in [2.05, 4.69) is 53.6 Å². The zero-order valence-corrected chi connectivity index (χ0v) is 17.3. The first-order valence-corrected chi connectivity index (χ1v) is 10.2. The van der Waals surface area contributed by atoms with Crippen LogP contribution in [0.1, 0.15) is 52.5 Å². The molecule has 0 saturated heterocycles. The number of aryl methyl sites for hydroxylation is 3. The van der Waals surface area contributed by atoms with E-state index in [0.717, 1.165) is 41.2 Å². The van der Waals surface area contributed by atoms with Crippen LogP contribution >= 0.6 is 11.3 Å². The highest BCUT2D eigenvalue weighted by Crippen LogP contribution is 2.27. The van der Waals surface area contributed by atoms with Crippen LogP contribution in [-0.2, 0) is 13.2 Å².